The van der Waals surface area contributed by atoms with Crippen molar-refractivity contribution in [2.24, 2.45) is 0 Å². The van der Waals surface area contributed by atoms with Crippen molar-refractivity contribution in [3.05, 3.63) is 64.4 Å². The first-order valence-electron chi connectivity index (χ1n) is 6.48. The summed E-state index contributed by atoms with van der Waals surface area (Å²) >= 11 is 5.90. The second kappa shape index (κ2) is 6.73. The predicted octanol–water partition coefficient (Wildman–Crippen LogP) is 4.19. The monoisotopic (exact) mass is 293 g/mol. The lowest BCUT2D eigenvalue weighted by Crippen LogP contribution is -2.23. The lowest BCUT2D eigenvalue weighted by Gasteiger charge is -2.20. The van der Waals surface area contributed by atoms with Crippen LogP contribution in [0.4, 0.5) is 4.39 Å². The molecule has 20 heavy (non-hydrogen) atoms. The summed E-state index contributed by atoms with van der Waals surface area (Å²) in [5.74, 6) is 0.225. The van der Waals surface area contributed by atoms with Crippen LogP contribution < -0.4 is 10.1 Å². The summed E-state index contributed by atoms with van der Waals surface area (Å²) in [4.78, 5) is 0. The maximum atomic E-state index is 14.2. The van der Waals surface area contributed by atoms with E-state index in [2.05, 4.69) is 5.32 Å². The lowest BCUT2D eigenvalue weighted by molar-refractivity contribution is 0.410. The van der Waals surface area contributed by atoms with Gasteiger partial charge in [-0.1, -0.05) is 36.7 Å². The molecule has 1 N–H and O–H groups in total. The quantitative estimate of drug-likeness (QED) is 0.892. The van der Waals surface area contributed by atoms with E-state index in [1.165, 1.54) is 13.2 Å². The van der Waals surface area contributed by atoms with Gasteiger partial charge in [-0.2, -0.15) is 0 Å². The SMILES string of the molecule is CCNC(c1ccc(Cl)cc1)c1ccc(OC)cc1F. The van der Waals surface area contributed by atoms with Crippen molar-refractivity contribution in [3.8, 4) is 5.75 Å². The van der Waals surface area contributed by atoms with Crippen molar-refractivity contribution in [3.63, 3.8) is 0 Å². The van der Waals surface area contributed by atoms with Crippen molar-refractivity contribution < 1.29 is 9.13 Å². The summed E-state index contributed by atoms with van der Waals surface area (Å²) in [6.45, 7) is 2.73. The summed E-state index contributed by atoms with van der Waals surface area (Å²) in [6.07, 6.45) is 0. The van der Waals surface area contributed by atoms with Crippen LogP contribution in [0.5, 0.6) is 5.75 Å². The third kappa shape index (κ3) is 3.30. The minimum atomic E-state index is -0.287. The molecule has 0 heterocycles. The Labute approximate surface area is 123 Å². The van der Waals surface area contributed by atoms with Crippen LogP contribution in [0.2, 0.25) is 5.02 Å². The Balaban J connectivity index is 2.40. The molecule has 2 rings (SSSR count). The van der Waals surface area contributed by atoms with E-state index in [1.807, 2.05) is 31.2 Å². The van der Waals surface area contributed by atoms with Gasteiger partial charge >= 0.3 is 0 Å². The molecule has 0 saturated heterocycles. The van der Waals surface area contributed by atoms with Gasteiger partial charge in [0.2, 0.25) is 0 Å². The second-order valence-electron chi connectivity index (χ2n) is 4.43. The van der Waals surface area contributed by atoms with E-state index in [0.717, 1.165) is 12.1 Å². The minimum Gasteiger partial charge on any atom is -0.497 e. The van der Waals surface area contributed by atoms with Gasteiger partial charge in [0.1, 0.15) is 11.6 Å². The summed E-state index contributed by atoms with van der Waals surface area (Å²) in [5.41, 5.74) is 1.57. The van der Waals surface area contributed by atoms with Gasteiger partial charge in [-0.15, -0.1) is 0 Å². The Bertz CT molecular complexity index is 571. The fourth-order valence-electron chi connectivity index (χ4n) is 2.14. The van der Waals surface area contributed by atoms with Crippen molar-refractivity contribution in [2.45, 2.75) is 13.0 Å². The van der Waals surface area contributed by atoms with Gasteiger partial charge in [0.05, 0.1) is 13.2 Å². The van der Waals surface area contributed by atoms with E-state index in [1.54, 1.807) is 12.1 Å². The van der Waals surface area contributed by atoms with Gasteiger partial charge in [0.25, 0.3) is 0 Å². The fraction of sp³-hybridized carbons (Fsp3) is 0.250. The summed E-state index contributed by atoms with van der Waals surface area (Å²) in [7, 11) is 1.52. The van der Waals surface area contributed by atoms with Gasteiger partial charge in [0, 0.05) is 16.7 Å². The highest BCUT2D eigenvalue weighted by atomic mass is 35.5. The van der Waals surface area contributed by atoms with E-state index < -0.39 is 0 Å². The van der Waals surface area contributed by atoms with Gasteiger partial charge < -0.3 is 10.1 Å². The highest BCUT2D eigenvalue weighted by molar-refractivity contribution is 6.30. The molecule has 0 amide bonds. The Hall–Kier alpha value is -1.58. The number of hydrogen-bond acceptors (Lipinski definition) is 2. The first-order chi connectivity index (χ1) is 9.65. The standard InChI is InChI=1S/C16H17ClFNO/c1-3-19-16(11-4-6-12(17)7-5-11)14-9-8-13(20-2)10-15(14)18/h4-10,16,19H,3H2,1-2H3. The number of rotatable bonds is 5. The molecule has 0 saturated carbocycles. The van der Waals surface area contributed by atoms with Crippen molar-refractivity contribution in [2.75, 3.05) is 13.7 Å². The van der Waals surface area contributed by atoms with E-state index in [-0.39, 0.29) is 11.9 Å². The zero-order valence-electron chi connectivity index (χ0n) is 11.5. The van der Waals surface area contributed by atoms with Gasteiger partial charge in [0.15, 0.2) is 0 Å². The van der Waals surface area contributed by atoms with E-state index in [4.69, 9.17) is 16.3 Å². The Kier molecular flexibility index (Phi) is 4.99. The molecule has 2 aromatic rings. The normalized spacial score (nSPS) is 12.2. The molecule has 0 aliphatic heterocycles. The molecule has 1 unspecified atom stereocenters. The number of methoxy groups -OCH3 is 1. The molecular formula is C16H17ClFNO. The minimum absolute atomic E-state index is 0.205. The van der Waals surface area contributed by atoms with Crippen molar-refractivity contribution in [1.29, 1.82) is 0 Å². The number of halogens is 2. The highest BCUT2D eigenvalue weighted by Gasteiger charge is 2.17. The topological polar surface area (TPSA) is 21.3 Å². The zero-order chi connectivity index (χ0) is 14.5. The van der Waals surface area contributed by atoms with Crippen LogP contribution in [0.15, 0.2) is 42.5 Å². The van der Waals surface area contributed by atoms with Crippen LogP contribution in [0.1, 0.15) is 24.1 Å². The first kappa shape index (κ1) is 14.8. The fourth-order valence-corrected chi connectivity index (χ4v) is 2.26. The van der Waals surface area contributed by atoms with Crippen LogP contribution in [-0.4, -0.2) is 13.7 Å². The average Bonchev–Trinajstić information content (AvgIpc) is 2.46. The number of ether oxygens (including phenoxy) is 1. The van der Waals surface area contributed by atoms with Gasteiger partial charge in [-0.25, -0.2) is 4.39 Å². The first-order valence-corrected chi connectivity index (χ1v) is 6.85. The summed E-state index contributed by atoms with van der Waals surface area (Å²) < 4.78 is 19.3. The molecule has 0 fully saturated rings. The van der Waals surface area contributed by atoms with Crippen LogP contribution >= 0.6 is 11.6 Å². The predicted molar refractivity (Wildman–Crippen MR) is 79.9 cm³/mol. The molecule has 0 aliphatic carbocycles. The van der Waals surface area contributed by atoms with Gasteiger partial charge in [-0.3, -0.25) is 0 Å². The lowest BCUT2D eigenvalue weighted by atomic mass is 9.98. The average molecular weight is 294 g/mol. The van der Waals surface area contributed by atoms with Crippen molar-refractivity contribution >= 4 is 11.6 Å². The number of nitrogens with one attached hydrogen (secondary N) is 1. The molecule has 0 spiro atoms. The van der Waals surface area contributed by atoms with Crippen LogP contribution in [-0.2, 0) is 0 Å². The van der Waals surface area contributed by atoms with Crippen LogP contribution in [0.25, 0.3) is 0 Å². The summed E-state index contributed by atoms with van der Waals surface area (Å²) in [5, 5.41) is 3.95. The zero-order valence-corrected chi connectivity index (χ0v) is 12.2. The second-order valence-corrected chi connectivity index (χ2v) is 4.87. The maximum Gasteiger partial charge on any atom is 0.132 e. The molecule has 106 valence electrons. The van der Waals surface area contributed by atoms with E-state index in [0.29, 0.717) is 16.3 Å². The Morgan fingerprint density at radius 2 is 1.90 bits per heavy atom. The van der Waals surface area contributed by atoms with Crippen LogP contribution in [0, 0.1) is 5.82 Å². The van der Waals surface area contributed by atoms with E-state index >= 15 is 0 Å². The molecular weight excluding hydrogens is 277 g/mol. The maximum absolute atomic E-state index is 14.2. The molecule has 2 aromatic carbocycles. The van der Waals surface area contributed by atoms with Crippen molar-refractivity contribution in [1.82, 2.24) is 5.32 Å². The smallest absolute Gasteiger partial charge is 0.132 e. The third-order valence-corrected chi connectivity index (χ3v) is 3.38. The van der Waals surface area contributed by atoms with Gasteiger partial charge in [-0.05, 0) is 30.3 Å². The number of benzene rings is 2. The Morgan fingerprint density at radius 1 is 1.20 bits per heavy atom. The Morgan fingerprint density at radius 3 is 2.45 bits per heavy atom. The number of hydrogen-bond donors (Lipinski definition) is 1. The summed E-state index contributed by atoms with van der Waals surface area (Å²) in [6, 6.07) is 12.1. The van der Waals surface area contributed by atoms with E-state index in [9.17, 15) is 4.39 Å². The molecule has 1 atom stereocenters. The molecule has 0 radical (unpaired) electrons. The molecule has 0 aromatic heterocycles. The van der Waals surface area contributed by atoms with Crippen LogP contribution in [0.3, 0.4) is 0 Å². The largest absolute Gasteiger partial charge is 0.497 e. The molecule has 0 bridgehead atoms. The third-order valence-electron chi connectivity index (χ3n) is 3.13. The molecule has 0 aliphatic rings. The molecule has 4 heteroatoms. The highest BCUT2D eigenvalue weighted by Crippen LogP contribution is 2.27. The molecule has 2 nitrogen and oxygen atoms in total.